The van der Waals surface area contributed by atoms with Gasteiger partial charge < -0.3 is 15.2 Å². The molecule has 0 saturated carbocycles. The van der Waals surface area contributed by atoms with Crippen LogP contribution in [0.4, 0.5) is 0 Å². The minimum Gasteiger partial charge on any atom is -0.481 e. The van der Waals surface area contributed by atoms with Gasteiger partial charge in [0.25, 0.3) is 0 Å². The second-order valence-electron chi connectivity index (χ2n) is 4.44. The zero-order valence-corrected chi connectivity index (χ0v) is 10.1. The van der Waals surface area contributed by atoms with Gasteiger partial charge in [-0.3, -0.25) is 9.59 Å². The number of carboxylic acids is 1. The fraction of sp³-hybridized carbons (Fsp3) is 0.833. The average molecular weight is 243 g/mol. The SMILES string of the molecule is O=C(O)CCCNC(=O)CCC1CCOCC1. The number of hydrogen-bond donors (Lipinski definition) is 2. The summed E-state index contributed by atoms with van der Waals surface area (Å²) in [6, 6.07) is 0. The van der Waals surface area contributed by atoms with Gasteiger partial charge in [-0.15, -0.1) is 0 Å². The molecule has 0 aromatic rings. The number of amides is 1. The van der Waals surface area contributed by atoms with E-state index >= 15 is 0 Å². The molecule has 98 valence electrons. The van der Waals surface area contributed by atoms with E-state index < -0.39 is 5.97 Å². The summed E-state index contributed by atoms with van der Waals surface area (Å²) in [5, 5.41) is 11.2. The molecule has 0 radical (unpaired) electrons. The van der Waals surface area contributed by atoms with E-state index in [1.54, 1.807) is 0 Å². The van der Waals surface area contributed by atoms with Crippen molar-refractivity contribution in [1.82, 2.24) is 5.32 Å². The molecule has 5 nitrogen and oxygen atoms in total. The smallest absolute Gasteiger partial charge is 0.303 e. The van der Waals surface area contributed by atoms with Crippen LogP contribution in [0.1, 0.15) is 38.5 Å². The average Bonchev–Trinajstić information content (AvgIpc) is 2.33. The number of hydrogen-bond acceptors (Lipinski definition) is 3. The van der Waals surface area contributed by atoms with Gasteiger partial charge >= 0.3 is 5.97 Å². The number of carboxylic acid groups (broad SMARTS) is 1. The Morgan fingerprint density at radius 3 is 2.59 bits per heavy atom. The van der Waals surface area contributed by atoms with Gasteiger partial charge in [0.05, 0.1) is 0 Å². The molecule has 5 heteroatoms. The van der Waals surface area contributed by atoms with Crippen molar-refractivity contribution in [3.63, 3.8) is 0 Å². The minimum absolute atomic E-state index is 0.0295. The maximum absolute atomic E-state index is 11.4. The van der Waals surface area contributed by atoms with Crippen LogP contribution in [0.25, 0.3) is 0 Å². The Balaban J connectivity index is 1.98. The van der Waals surface area contributed by atoms with Gasteiger partial charge in [-0.1, -0.05) is 0 Å². The number of aliphatic carboxylic acids is 1. The lowest BCUT2D eigenvalue weighted by Gasteiger charge is -2.21. The van der Waals surface area contributed by atoms with Gasteiger partial charge in [0, 0.05) is 32.6 Å². The Bertz CT molecular complexity index is 249. The van der Waals surface area contributed by atoms with Crippen molar-refractivity contribution < 1.29 is 19.4 Å². The summed E-state index contributed by atoms with van der Waals surface area (Å²) in [6.07, 6.45) is 4.16. The van der Waals surface area contributed by atoms with Gasteiger partial charge in [-0.2, -0.15) is 0 Å². The van der Waals surface area contributed by atoms with Gasteiger partial charge in [-0.25, -0.2) is 0 Å². The molecule has 0 aromatic carbocycles. The number of carbonyl (C=O) groups is 2. The van der Waals surface area contributed by atoms with Gasteiger partial charge in [0.2, 0.25) is 5.91 Å². The predicted molar refractivity (Wildman–Crippen MR) is 62.7 cm³/mol. The summed E-state index contributed by atoms with van der Waals surface area (Å²) in [5.74, 6) is -0.183. The molecule has 0 atom stereocenters. The highest BCUT2D eigenvalue weighted by molar-refractivity contribution is 5.75. The Morgan fingerprint density at radius 2 is 1.94 bits per heavy atom. The highest BCUT2D eigenvalue weighted by Gasteiger charge is 2.14. The van der Waals surface area contributed by atoms with Gasteiger partial charge in [-0.05, 0) is 31.6 Å². The second-order valence-corrected chi connectivity index (χ2v) is 4.44. The first-order valence-corrected chi connectivity index (χ1v) is 6.24. The van der Waals surface area contributed by atoms with Crippen molar-refractivity contribution in [3.05, 3.63) is 0 Å². The number of carbonyl (C=O) groups excluding carboxylic acids is 1. The lowest BCUT2D eigenvalue weighted by molar-refractivity contribution is -0.137. The van der Waals surface area contributed by atoms with Crippen molar-refractivity contribution in [2.75, 3.05) is 19.8 Å². The van der Waals surface area contributed by atoms with E-state index in [4.69, 9.17) is 9.84 Å². The molecule has 1 rings (SSSR count). The lowest BCUT2D eigenvalue weighted by Crippen LogP contribution is -2.26. The van der Waals surface area contributed by atoms with Crippen molar-refractivity contribution in [2.45, 2.75) is 38.5 Å². The van der Waals surface area contributed by atoms with Crippen molar-refractivity contribution >= 4 is 11.9 Å². The van der Waals surface area contributed by atoms with E-state index in [2.05, 4.69) is 5.32 Å². The standard InChI is InChI=1S/C12H21NO4/c14-11(13-7-1-2-12(15)16)4-3-10-5-8-17-9-6-10/h10H,1-9H2,(H,13,14)(H,15,16). The third-order valence-corrected chi connectivity index (χ3v) is 3.01. The molecule has 1 aliphatic rings. The van der Waals surface area contributed by atoms with E-state index in [0.717, 1.165) is 32.5 Å². The van der Waals surface area contributed by atoms with Crippen LogP contribution < -0.4 is 5.32 Å². The van der Waals surface area contributed by atoms with Crippen LogP contribution in [0.5, 0.6) is 0 Å². The Morgan fingerprint density at radius 1 is 1.24 bits per heavy atom. The second kappa shape index (κ2) is 8.06. The molecule has 0 aromatic heterocycles. The van der Waals surface area contributed by atoms with E-state index in [1.807, 2.05) is 0 Å². The fourth-order valence-corrected chi connectivity index (χ4v) is 1.93. The number of nitrogens with one attached hydrogen (secondary N) is 1. The molecule has 0 bridgehead atoms. The quantitative estimate of drug-likeness (QED) is 0.658. The van der Waals surface area contributed by atoms with E-state index in [-0.39, 0.29) is 12.3 Å². The molecule has 17 heavy (non-hydrogen) atoms. The zero-order chi connectivity index (χ0) is 12.5. The van der Waals surface area contributed by atoms with Crippen LogP contribution in [0.15, 0.2) is 0 Å². The molecule has 0 aliphatic carbocycles. The molecule has 2 N–H and O–H groups in total. The molecule has 0 unspecified atom stereocenters. The van der Waals surface area contributed by atoms with Crippen LogP contribution >= 0.6 is 0 Å². The first kappa shape index (κ1) is 14.0. The number of ether oxygens (including phenoxy) is 1. The Hall–Kier alpha value is -1.10. The van der Waals surface area contributed by atoms with Crippen LogP contribution in [-0.4, -0.2) is 36.7 Å². The van der Waals surface area contributed by atoms with Crippen LogP contribution in [0.3, 0.4) is 0 Å². The Labute approximate surface area is 102 Å². The Kier molecular flexibility index (Phi) is 6.62. The van der Waals surface area contributed by atoms with Crippen LogP contribution in [-0.2, 0) is 14.3 Å². The van der Waals surface area contributed by atoms with Crippen LogP contribution in [0, 0.1) is 5.92 Å². The number of rotatable bonds is 7. The van der Waals surface area contributed by atoms with Gasteiger partial charge in [0.15, 0.2) is 0 Å². The van der Waals surface area contributed by atoms with Gasteiger partial charge in [0.1, 0.15) is 0 Å². The molecule has 1 fully saturated rings. The zero-order valence-electron chi connectivity index (χ0n) is 10.1. The molecular weight excluding hydrogens is 222 g/mol. The topological polar surface area (TPSA) is 75.6 Å². The first-order valence-electron chi connectivity index (χ1n) is 6.24. The van der Waals surface area contributed by atoms with E-state index in [1.165, 1.54) is 0 Å². The highest BCUT2D eigenvalue weighted by Crippen LogP contribution is 2.19. The van der Waals surface area contributed by atoms with E-state index in [0.29, 0.717) is 25.3 Å². The van der Waals surface area contributed by atoms with Crippen molar-refractivity contribution in [3.8, 4) is 0 Å². The molecule has 1 saturated heterocycles. The van der Waals surface area contributed by atoms with Crippen molar-refractivity contribution in [1.29, 1.82) is 0 Å². The maximum Gasteiger partial charge on any atom is 0.303 e. The molecule has 1 aliphatic heterocycles. The summed E-state index contributed by atoms with van der Waals surface area (Å²) in [4.78, 5) is 21.7. The maximum atomic E-state index is 11.4. The highest BCUT2D eigenvalue weighted by atomic mass is 16.5. The third kappa shape index (κ3) is 6.94. The summed E-state index contributed by atoms with van der Waals surface area (Å²) in [6.45, 7) is 2.08. The predicted octanol–water partition coefficient (Wildman–Crippen LogP) is 1.17. The first-order chi connectivity index (χ1) is 8.18. The van der Waals surface area contributed by atoms with E-state index in [9.17, 15) is 9.59 Å². The summed E-state index contributed by atoms with van der Waals surface area (Å²) >= 11 is 0. The minimum atomic E-state index is -0.818. The van der Waals surface area contributed by atoms with Crippen LogP contribution in [0.2, 0.25) is 0 Å². The third-order valence-electron chi connectivity index (χ3n) is 3.01. The largest absolute Gasteiger partial charge is 0.481 e. The monoisotopic (exact) mass is 243 g/mol. The summed E-state index contributed by atoms with van der Waals surface area (Å²) < 4.78 is 5.25. The molecule has 0 spiro atoms. The summed E-state index contributed by atoms with van der Waals surface area (Å²) in [7, 11) is 0. The molecule has 1 heterocycles. The lowest BCUT2D eigenvalue weighted by atomic mass is 9.95. The summed E-state index contributed by atoms with van der Waals surface area (Å²) in [5.41, 5.74) is 0. The van der Waals surface area contributed by atoms with Crippen molar-refractivity contribution in [2.24, 2.45) is 5.92 Å². The molecular formula is C12H21NO4. The normalized spacial score (nSPS) is 16.7. The molecule has 1 amide bonds. The fourth-order valence-electron chi connectivity index (χ4n) is 1.93.